The van der Waals surface area contributed by atoms with Gasteiger partial charge in [-0.25, -0.2) is 0 Å². The molecular weight excluding hydrogens is 314 g/mol. The number of benzene rings is 1. The van der Waals surface area contributed by atoms with Crippen molar-refractivity contribution in [3.8, 4) is 0 Å². The molecule has 1 atom stereocenters. The van der Waals surface area contributed by atoms with Crippen LogP contribution in [0.15, 0.2) is 22.7 Å². The van der Waals surface area contributed by atoms with Gasteiger partial charge in [0.15, 0.2) is 0 Å². The van der Waals surface area contributed by atoms with E-state index in [-0.39, 0.29) is 6.61 Å². The summed E-state index contributed by atoms with van der Waals surface area (Å²) in [5.74, 6) is 0.813. The molecule has 1 saturated heterocycles. The zero-order valence-electron chi connectivity index (χ0n) is 12.8. The van der Waals surface area contributed by atoms with Crippen LogP contribution in [0.4, 0.5) is 5.69 Å². The SMILES string of the molecule is CC(C)(C)C1CCCN(c2ccc(CO)c(Br)c2)CC1. The maximum absolute atomic E-state index is 9.25. The van der Waals surface area contributed by atoms with Crippen LogP contribution in [-0.4, -0.2) is 18.2 Å². The van der Waals surface area contributed by atoms with Gasteiger partial charge >= 0.3 is 0 Å². The number of hydrogen-bond acceptors (Lipinski definition) is 2. The summed E-state index contributed by atoms with van der Waals surface area (Å²) >= 11 is 3.55. The summed E-state index contributed by atoms with van der Waals surface area (Å²) in [5, 5.41) is 9.25. The molecule has 2 nitrogen and oxygen atoms in total. The second kappa shape index (κ2) is 6.48. The minimum absolute atomic E-state index is 0.0902. The minimum Gasteiger partial charge on any atom is -0.392 e. The second-order valence-electron chi connectivity index (χ2n) is 6.91. The van der Waals surface area contributed by atoms with Crippen LogP contribution in [-0.2, 0) is 6.61 Å². The lowest BCUT2D eigenvalue weighted by molar-refractivity contribution is 0.220. The van der Waals surface area contributed by atoms with Crippen LogP contribution in [0.1, 0.15) is 45.6 Å². The molecule has 0 spiro atoms. The number of halogens is 1. The topological polar surface area (TPSA) is 23.5 Å². The maximum atomic E-state index is 9.25. The number of aliphatic hydroxyl groups excluding tert-OH is 1. The molecule has 1 heterocycles. The lowest BCUT2D eigenvalue weighted by Crippen LogP contribution is -2.26. The molecule has 0 bridgehead atoms. The third kappa shape index (κ3) is 3.76. The summed E-state index contributed by atoms with van der Waals surface area (Å²) < 4.78 is 1.01. The first-order valence-corrected chi connectivity index (χ1v) is 8.35. The summed E-state index contributed by atoms with van der Waals surface area (Å²) in [5.41, 5.74) is 2.64. The van der Waals surface area contributed by atoms with E-state index in [0.717, 1.165) is 29.0 Å². The van der Waals surface area contributed by atoms with E-state index in [1.165, 1.54) is 24.9 Å². The van der Waals surface area contributed by atoms with Crippen LogP contribution in [0.2, 0.25) is 0 Å². The highest BCUT2D eigenvalue weighted by Gasteiger charge is 2.27. The molecule has 1 aliphatic rings. The monoisotopic (exact) mass is 339 g/mol. The van der Waals surface area contributed by atoms with Gasteiger partial charge in [0.25, 0.3) is 0 Å². The van der Waals surface area contributed by atoms with Crippen LogP contribution in [0, 0.1) is 11.3 Å². The van der Waals surface area contributed by atoms with Crippen LogP contribution in [0.25, 0.3) is 0 Å². The molecule has 3 heteroatoms. The number of nitrogens with zero attached hydrogens (tertiary/aromatic N) is 1. The molecule has 0 amide bonds. The Morgan fingerprint density at radius 1 is 1.25 bits per heavy atom. The van der Waals surface area contributed by atoms with E-state index in [0.29, 0.717) is 5.41 Å². The van der Waals surface area contributed by atoms with Crippen molar-refractivity contribution in [1.82, 2.24) is 0 Å². The third-order valence-corrected chi connectivity index (χ3v) is 5.26. The Kier molecular flexibility index (Phi) is 5.14. The van der Waals surface area contributed by atoms with Crippen molar-refractivity contribution in [1.29, 1.82) is 0 Å². The molecule has 1 aromatic rings. The Balaban J connectivity index is 2.09. The summed E-state index contributed by atoms with van der Waals surface area (Å²) in [7, 11) is 0. The first-order chi connectivity index (χ1) is 9.41. The summed E-state index contributed by atoms with van der Waals surface area (Å²) in [6.45, 7) is 9.44. The van der Waals surface area contributed by atoms with Crippen LogP contribution < -0.4 is 4.90 Å². The average Bonchev–Trinajstić information content (AvgIpc) is 2.63. The fourth-order valence-corrected chi connectivity index (χ4v) is 3.57. The molecule has 0 aromatic heterocycles. The van der Waals surface area contributed by atoms with Gasteiger partial charge in [-0.3, -0.25) is 0 Å². The van der Waals surface area contributed by atoms with Crippen molar-refractivity contribution in [2.24, 2.45) is 11.3 Å². The number of rotatable bonds is 2. The third-order valence-electron chi connectivity index (χ3n) is 4.52. The molecule has 1 N–H and O–H groups in total. The number of hydrogen-bond donors (Lipinski definition) is 1. The number of anilines is 1. The lowest BCUT2D eigenvalue weighted by Gasteiger charge is -2.30. The van der Waals surface area contributed by atoms with Crippen LogP contribution >= 0.6 is 15.9 Å². The first-order valence-electron chi connectivity index (χ1n) is 7.56. The smallest absolute Gasteiger partial charge is 0.0692 e. The van der Waals surface area contributed by atoms with E-state index >= 15 is 0 Å². The highest BCUT2D eigenvalue weighted by atomic mass is 79.9. The Morgan fingerprint density at radius 3 is 2.60 bits per heavy atom. The fourth-order valence-electron chi connectivity index (χ4n) is 3.08. The Bertz CT molecular complexity index is 453. The van der Waals surface area contributed by atoms with E-state index in [1.54, 1.807) is 0 Å². The quantitative estimate of drug-likeness (QED) is 0.851. The van der Waals surface area contributed by atoms with E-state index in [4.69, 9.17) is 0 Å². The van der Waals surface area contributed by atoms with Crippen molar-refractivity contribution in [3.05, 3.63) is 28.2 Å². The van der Waals surface area contributed by atoms with Crippen molar-refractivity contribution < 1.29 is 5.11 Å². The van der Waals surface area contributed by atoms with Crippen LogP contribution in [0.5, 0.6) is 0 Å². The molecule has 20 heavy (non-hydrogen) atoms. The summed E-state index contributed by atoms with van der Waals surface area (Å²) in [6, 6.07) is 6.29. The normalized spacial score (nSPS) is 20.9. The zero-order valence-corrected chi connectivity index (χ0v) is 14.4. The molecular formula is C17H26BrNO. The van der Waals surface area contributed by atoms with E-state index in [1.807, 2.05) is 6.07 Å². The standard InChI is InChI=1S/C17H26BrNO/c1-17(2,3)14-5-4-9-19(10-8-14)15-7-6-13(12-20)16(18)11-15/h6-7,11,14,20H,4-5,8-10,12H2,1-3H3. The lowest BCUT2D eigenvalue weighted by atomic mass is 9.77. The van der Waals surface area contributed by atoms with E-state index in [9.17, 15) is 5.11 Å². The summed E-state index contributed by atoms with van der Waals surface area (Å²) in [6.07, 6.45) is 3.86. The Morgan fingerprint density at radius 2 is 2.00 bits per heavy atom. The van der Waals surface area contributed by atoms with Gasteiger partial charge in [0.2, 0.25) is 0 Å². The van der Waals surface area contributed by atoms with Gasteiger partial charge in [-0.15, -0.1) is 0 Å². The molecule has 2 rings (SSSR count). The molecule has 0 radical (unpaired) electrons. The van der Waals surface area contributed by atoms with Gasteiger partial charge in [-0.2, -0.15) is 0 Å². The average molecular weight is 340 g/mol. The summed E-state index contributed by atoms with van der Waals surface area (Å²) in [4.78, 5) is 2.48. The van der Waals surface area contributed by atoms with Gasteiger partial charge in [0.1, 0.15) is 0 Å². The van der Waals surface area contributed by atoms with Crippen molar-refractivity contribution in [2.75, 3.05) is 18.0 Å². The predicted molar refractivity (Wildman–Crippen MR) is 89.1 cm³/mol. The van der Waals surface area contributed by atoms with E-state index < -0.39 is 0 Å². The predicted octanol–water partition coefficient (Wildman–Crippen LogP) is 4.59. The molecule has 112 valence electrons. The van der Waals surface area contributed by atoms with Crippen LogP contribution in [0.3, 0.4) is 0 Å². The van der Waals surface area contributed by atoms with Crippen molar-refractivity contribution in [3.63, 3.8) is 0 Å². The van der Waals surface area contributed by atoms with Gasteiger partial charge in [0.05, 0.1) is 6.61 Å². The van der Waals surface area contributed by atoms with Crippen molar-refractivity contribution in [2.45, 2.75) is 46.6 Å². The van der Waals surface area contributed by atoms with Gasteiger partial charge < -0.3 is 10.0 Å². The molecule has 1 aromatic carbocycles. The minimum atomic E-state index is 0.0902. The fraction of sp³-hybridized carbons (Fsp3) is 0.647. The largest absolute Gasteiger partial charge is 0.392 e. The Labute approximate surface area is 131 Å². The maximum Gasteiger partial charge on any atom is 0.0692 e. The Hall–Kier alpha value is -0.540. The molecule has 0 aliphatic carbocycles. The second-order valence-corrected chi connectivity index (χ2v) is 7.77. The first kappa shape index (κ1) is 15.8. The number of aliphatic hydroxyl groups is 1. The molecule has 1 unspecified atom stereocenters. The van der Waals surface area contributed by atoms with Gasteiger partial charge in [-0.1, -0.05) is 42.8 Å². The van der Waals surface area contributed by atoms with Gasteiger partial charge in [-0.05, 0) is 48.3 Å². The highest BCUT2D eigenvalue weighted by molar-refractivity contribution is 9.10. The van der Waals surface area contributed by atoms with Crippen molar-refractivity contribution >= 4 is 21.6 Å². The van der Waals surface area contributed by atoms with Gasteiger partial charge in [0, 0.05) is 23.2 Å². The molecule has 1 fully saturated rings. The molecule has 1 aliphatic heterocycles. The van der Waals surface area contributed by atoms with E-state index in [2.05, 4.69) is 53.7 Å². The zero-order chi connectivity index (χ0) is 14.8. The molecule has 0 saturated carbocycles. The highest BCUT2D eigenvalue weighted by Crippen LogP contribution is 2.35.